The van der Waals surface area contributed by atoms with E-state index in [4.69, 9.17) is 4.74 Å². The molecule has 0 spiro atoms. The number of carboxylic acid groups (broad SMARTS) is 1. The Morgan fingerprint density at radius 3 is 2.11 bits per heavy atom. The van der Waals surface area contributed by atoms with E-state index in [2.05, 4.69) is 5.32 Å². The topological polar surface area (TPSA) is 105 Å². The zero-order valence-corrected chi connectivity index (χ0v) is 19.2. The molecule has 0 radical (unpaired) electrons. The van der Waals surface area contributed by atoms with Gasteiger partial charge in [0.1, 0.15) is 6.61 Å². The first-order chi connectivity index (χ1) is 16.7. The van der Waals surface area contributed by atoms with Crippen LogP contribution in [0.1, 0.15) is 55.6 Å². The third-order valence-electron chi connectivity index (χ3n) is 6.81. The van der Waals surface area contributed by atoms with Gasteiger partial charge in [-0.25, -0.2) is 4.79 Å². The largest absolute Gasteiger partial charge is 0.481 e. The molecule has 1 fully saturated rings. The molecular formula is C26H28F2N2O5. The lowest BCUT2D eigenvalue weighted by molar-refractivity contribution is -0.149. The summed E-state index contributed by atoms with van der Waals surface area (Å²) in [4.78, 5) is 35.8. The van der Waals surface area contributed by atoms with Crippen molar-refractivity contribution in [3.8, 4) is 11.1 Å². The van der Waals surface area contributed by atoms with Crippen molar-refractivity contribution < 1.29 is 33.0 Å². The molecule has 7 nitrogen and oxygen atoms in total. The molecule has 4 rings (SSSR count). The smallest absolute Gasteiger partial charge is 0.407 e. The van der Waals surface area contributed by atoms with Gasteiger partial charge < -0.3 is 20.5 Å². The molecule has 2 aliphatic carbocycles. The SMILES string of the molecule is O=C(O)CC1(NC(=O)C(F)(F)CNC(=O)OCC2c3ccccc3-c3ccccc32)CCCCC1. The summed E-state index contributed by atoms with van der Waals surface area (Å²) in [5, 5.41) is 13.4. The summed E-state index contributed by atoms with van der Waals surface area (Å²) in [6, 6.07) is 15.5. The minimum atomic E-state index is -3.92. The van der Waals surface area contributed by atoms with E-state index < -0.39 is 42.4 Å². The molecule has 9 heteroatoms. The number of alkyl halides is 2. The summed E-state index contributed by atoms with van der Waals surface area (Å²) in [6.45, 7) is -1.29. The first-order valence-electron chi connectivity index (χ1n) is 11.7. The second kappa shape index (κ2) is 10.0. The highest BCUT2D eigenvalue weighted by atomic mass is 19.3. The van der Waals surface area contributed by atoms with Gasteiger partial charge in [-0.3, -0.25) is 9.59 Å². The second-order valence-corrected chi connectivity index (χ2v) is 9.25. The number of alkyl carbamates (subject to hydrolysis) is 1. The molecule has 1 saturated carbocycles. The zero-order valence-electron chi connectivity index (χ0n) is 19.2. The Morgan fingerprint density at radius 1 is 0.971 bits per heavy atom. The second-order valence-electron chi connectivity index (χ2n) is 9.25. The standard InChI is InChI=1S/C26H28F2N2O5/c27-26(28,23(33)30-25(14-22(31)32)12-6-1-7-13-25)16-29-24(34)35-15-21-19-10-4-2-8-17(19)18-9-3-5-11-20(18)21/h2-5,8-11,21H,1,6-7,12-16H2,(H,29,34)(H,30,33)(H,31,32). The zero-order chi connectivity index (χ0) is 25.1. The lowest BCUT2D eigenvalue weighted by atomic mass is 9.79. The van der Waals surface area contributed by atoms with Gasteiger partial charge in [0.05, 0.1) is 18.5 Å². The fourth-order valence-corrected chi connectivity index (χ4v) is 5.11. The average molecular weight is 487 g/mol. The Balaban J connectivity index is 1.33. The van der Waals surface area contributed by atoms with Crippen LogP contribution in [0.2, 0.25) is 0 Å². The monoisotopic (exact) mass is 486 g/mol. The summed E-state index contributed by atoms with van der Waals surface area (Å²) >= 11 is 0. The number of amides is 2. The maximum Gasteiger partial charge on any atom is 0.407 e. The van der Waals surface area contributed by atoms with Crippen molar-refractivity contribution in [1.29, 1.82) is 0 Å². The molecular weight excluding hydrogens is 458 g/mol. The van der Waals surface area contributed by atoms with E-state index in [0.29, 0.717) is 25.7 Å². The van der Waals surface area contributed by atoms with Gasteiger partial charge in [-0.2, -0.15) is 8.78 Å². The van der Waals surface area contributed by atoms with Gasteiger partial charge in [0.25, 0.3) is 5.91 Å². The number of carbonyl (C=O) groups excluding carboxylic acids is 2. The van der Waals surface area contributed by atoms with Crippen LogP contribution in [0, 0.1) is 0 Å². The van der Waals surface area contributed by atoms with Gasteiger partial charge in [0.15, 0.2) is 0 Å². The summed E-state index contributed by atoms with van der Waals surface area (Å²) in [5.41, 5.74) is 2.86. The molecule has 0 aromatic heterocycles. The Hall–Kier alpha value is -3.49. The van der Waals surface area contributed by atoms with Crippen LogP contribution in [0.5, 0.6) is 0 Å². The molecule has 0 atom stereocenters. The number of rotatable bonds is 8. The van der Waals surface area contributed by atoms with Gasteiger partial charge in [-0.05, 0) is 35.1 Å². The van der Waals surface area contributed by atoms with Crippen molar-refractivity contribution in [1.82, 2.24) is 10.6 Å². The van der Waals surface area contributed by atoms with E-state index in [9.17, 15) is 28.3 Å². The van der Waals surface area contributed by atoms with E-state index in [1.165, 1.54) is 0 Å². The van der Waals surface area contributed by atoms with Crippen LogP contribution >= 0.6 is 0 Å². The van der Waals surface area contributed by atoms with Gasteiger partial charge in [0.2, 0.25) is 0 Å². The number of hydrogen-bond donors (Lipinski definition) is 3. The predicted octanol–water partition coefficient (Wildman–Crippen LogP) is 4.45. The molecule has 2 aliphatic rings. The van der Waals surface area contributed by atoms with E-state index in [1.807, 2.05) is 53.8 Å². The molecule has 0 aliphatic heterocycles. The molecule has 35 heavy (non-hydrogen) atoms. The minimum Gasteiger partial charge on any atom is -0.481 e. The van der Waals surface area contributed by atoms with Crippen molar-refractivity contribution >= 4 is 18.0 Å². The Labute approximate surface area is 201 Å². The van der Waals surface area contributed by atoms with Crippen molar-refractivity contribution in [3.05, 3.63) is 59.7 Å². The molecule has 3 N–H and O–H groups in total. The van der Waals surface area contributed by atoms with Crippen LogP contribution in [0.4, 0.5) is 13.6 Å². The van der Waals surface area contributed by atoms with E-state index in [1.54, 1.807) is 0 Å². The highest BCUT2D eigenvalue weighted by Gasteiger charge is 2.45. The highest BCUT2D eigenvalue weighted by Crippen LogP contribution is 2.44. The number of nitrogens with one attached hydrogen (secondary N) is 2. The Bertz CT molecular complexity index is 1070. The fourth-order valence-electron chi connectivity index (χ4n) is 5.11. The molecule has 0 unspecified atom stereocenters. The minimum absolute atomic E-state index is 0.0423. The number of carbonyl (C=O) groups is 3. The molecule has 0 heterocycles. The Morgan fingerprint density at radius 2 is 1.54 bits per heavy atom. The van der Waals surface area contributed by atoms with Crippen LogP contribution < -0.4 is 10.6 Å². The van der Waals surface area contributed by atoms with Crippen molar-refractivity contribution in [2.45, 2.75) is 55.9 Å². The van der Waals surface area contributed by atoms with Crippen LogP contribution in [0.15, 0.2) is 48.5 Å². The van der Waals surface area contributed by atoms with Gasteiger partial charge in [0, 0.05) is 5.92 Å². The number of ether oxygens (including phenoxy) is 1. The molecule has 2 aromatic rings. The lowest BCUT2D eigenvalue weighted by Crippen LogP contribution is -2.58. The van der Waals surface area contributed by atoms with E-state index >= 15 is 0 Å². The number of hydrogen-bond acceptors (Lipinski definition) is 4. The van der Waals surface area contributed by atoms with E-state index in [-0.39, 0.29) is 12.5 Å². The van der Waals surface area contributed by atoms with Crippen LogP contribution in [-0.2, 0) is 14.3 Å². The van der Waals surface area contributed by atoms with Crippen LogP contribution in [-0.4, -0.2) is 47.7 Å². The Kier molecular flexibility index (Phi) is 7.05. The van der Waals surface area contributed by atoms with Gasteiger partial charge >= 0.3 is 18.0 Å². The summed E-state index contributed by atoms with van der Waals surface area (Å²) in [7, 11) is 0. The van der Waals surface area contributed by atoms with Crippen molar-refractivity contribution in [2.75, 3.05) is 13.2 Å². The van der Waals surface area contributed by atoms with Crippen molar-refractivity contribution in [2.24, 2.45) is 0 Å². The molecule has 2 aromatic carbocycles. The number of carboxylic acids is 1. The summed E-state index contributed by atoms with van der Waals surface area (Å²) in [6.07, 6.45) is 1.32. The van der Waals surface area contributed by atoms with Crippen LogP contribution in [0.3, 0.4) is 0 Å². The van der Waals surface area contributed by atoms with Crippen molar-refractivity contribution in [3.63, 3.8) is 0 Å². The first-order valence-corrected chi connectivity index (χ1v) is 11.7. The lowest BCUT2D eigenvalue weighted by Gasteiger charge is -2.37. The van der Waals surface area contributed by atoms with Gasteiger partial charge in [-0.15, -0.1) is 0 Å². The molecule has 2 amide bonds. The number of aliphatic carboxylic acids is 1. The first kappa shape index (κ1) is 24.6. The molecule has 0 bridgehead atoms. The van der Waals surface area contributed by atoms with Crippen LogP contribution in [0.25, 0.3) is 11.1 Å². The summed E-state index contributed by atoms with van der Waals surface area (Å²) in [5.74, 6) is -6.90. The predicted molar refractivity (Wildman–Crippen MR) is 124 cm³/mol. The normalized spacial score (nSPS) is 16.6. The molecule has 186 valence electrons. The third kappa shape index (κ3) is 5.44. The number of halogens is 2. The molecule has 0 saturated heterocycles. The highest BCUT2D eigenvalue weighted by molar-refractivity contribution is 5.85. The maximum absolute atomic E-state index is 14.5. The number of fused-ring (bicyclic) bond motifs is 3. The summed E-state index contributed by atoms with van der Waals surface area (Å²) < 4.78 is 34.3. The third-order valence-corrected chi connectivity index (χ3v) is 6.81. The number of benzene rings is 2. The maximum atomic E-state index is 14.5. The van der Waals surface area contributed by atoms with E-state index in [0.717, 1.165) is 28.7 Å². The quantitative estimate of drug-likeness (QED) is 0.511. The fraction of sp³-hybridized carbons (Fsp3) is 0.423. The van der Waals surface area contributed by atoms with Gasteiger partial charge in [-0.1, -0.05) is 67.8 Å². The average Bonchev–Trinajstić information content (AvgIpc) is 3.15.